The van der Waals surface area contributed by atoms with Gasteiger partial charge in [0.05, 0.1) is 0 Å². The van der Waals surface area contributed by atoms with Crippen LogP contribution in [0.15, 0.2) is 18.2 Å². The normalized spacial score (nSPS) is 15.5. The lowest BCUT2D eigenvalue weighted by molar-refractivity contribution is 0.0141. The predicted octanol–water partition coefficient (Wildman–Crippen LogP) is 3.34. The van der Waals surface area contributed by atoms with Gasteiger partial charge in [-0.05, 0) is 51.5 Å². The topological polar surface area (TPSA) is 49.9 Å². The predicted molar refractivity (Wildman–Crippen MR) is 89.9 cm³/mol. The summed E-state index contributed by atoms with van der Waals surface area (Å²) in [6.45, 7) is 9.36. The van der Waals surface area contributed by atoms with Crippen LogP contribution in [0.4, 0.5) is 4.79 Å². The Kier molecular flexibility index (Phi) is 5.19. The lowest BCUT2D eigenvalue weighted by atomic mass is 10.1. The standard InChI is InChI=1S/C17H23ClN2O3/c1-12-11-13(5-6-14(12)18)15(21)19-7-9-20(10-8-19)16(22)23-17(2,3)4/h5-6,11H,7-10H2,1-4H3. The van der Waals surface area contributed by atoms with Crippen LogP contribution in [0.5, 0.6) is 0 Å². The minimum atomic E-state index is -0.509. The van der Waals surface area contributed by atoms with E-state index in [-0.39, 0.29) is 12.0 Å². The molecule has 1 saturated heterocycles. The molecule has 1 aromatic carbocycles. The van der Waals surface area contributed by atoms with Gasteiger partial charge in [-0.15, -0.1) is 0 Å². The number of rotatable bonds is 1. The van der Waals surface area contributed by atoms with Gasteiger partial charge in [-0.1, -0.05) is 11.6 Å². The van der Waals surface area contributed by atoms with Gasteiger partial charge >= 0.3 is 6.09 Å². The first-order chi connectivity index (χ1) is 10.7. The molecule has 1 fully saturated rings. The molecule has 0 aliphatic carbocycles. The fourth-order valence-corrected chi connectivity index (χ4v) is 2.50. The van der Waals surface area contributed by atoms with E-state index in [1.54, 1.807) is 28.0 Å². The van der Waals surface area contributed by atoms with E-state index in [2.05, 4.69) is 0 Å². The van der Waals surface area contributed by atoms with Gasteiger partial charge in [0.15, 0.2) is 0 Å². The molecule has 2 amide bonds. The zero-order valence-electron chi connectivity index (χ0n) is 14.1. The Labute approximate surface area is 142 Å². The smallest absolute Gasteiger partial charge is 0.410 e. The third-order valence-electron chi connectivity index (χ3n) is 3.62. The molecule has 2 rings (SSSR count). The van der Waals surface area contributed by atoms with E-state index in [4.69, 9.17) is 16.3 Å². The summed E-state index contributed by atoms with van der Waals surface area (Å²) in [5.41, 5.74) is 0.993. The quantitative estimate of drug-likeness (QED) is 0.789. The van der Waals surface area contributed by atoms with Crippen molar-refractivity contribution in [3.63, 3.8) is 0 Å². The number of hydrogen-bond donors (Lipinski definition) is 0. The summed E-state index contributed by atoms with van der Waals surface area (Å²) >= 11 is 5.99. The van der Waals surface area contributed by atoms with Crippen LogP contribution < -0.4 is 0 Å². The van der Waals surface area contributed by atoms with Crippen molar-refractivity contribution in [2.24, 2.45) is 0 Å². The molecule has 6 heteroatoms. The monoisotopic (exact) mass is 338 g/mol. The maximum Gasteiger partial charge on any atom is 0.410 e. The molecule has 0 N–H and O–H groups in total. The van der Waals surface area contributed by atoms with Crippen LogP contribution in [-0.2, 0) is 4.74 Å². The van der Waals surface area contributed by atoms with Gasteiger partial charge in [-0.2, -0.15) is 0 Å². The van der Waals surface area contributed by atoms with Crippen LogP contribution in [0.25, 0.3) is 0 Å². The Balaban J connectivity index is 1.94. The molecule has 0 bridgehead atoms. The summed E-state index contributed by atoms with van der Waals surface area (Å²) in [6.07, 6.45) is -0.327. The summed E-state index contributed by atoms with van der Waals surface area (Å²) in [4.78, 5) is 27.9. The van der Waals surface area contributed by atoms with Gasteiger partial charge in [0.1, 0.15) is 5.60 Å². The van der Waals surface area contributed by atoms with Crippen molar-refractivity contribution >= 4 is 23.6 Å². The largest absolute Gasteiger partial charge is 0.444 e. The number of halogens is 1. The number of carbonyl (C=O) groups excluding carboxylic acids is 2. The van der Waals surface area contributed by atoms with Crippen LogP contribution in [0.2, 0.25) is 5.02 Å². The Bertz CT molecular complexity index is 602. The lowest BCUT2D eigenvalue weighted by Gasteiger charge is -2.35. The molecular weight excluding hydrogens is 316 g/mol. The van der Waals surface area contributed by atoms with E-state index in [1.165, 1.54) is 0 Å². The highest BCUT2D eigenvalue weighted by molar-refractivity contribution is 6.31. The van der Waals surface area contributed by atoms with Gasteiger partial charge < -0.3 is 14.5 Å². The average Bonchev–Trinajstić information content (AvgIpc) is 2.48. The first kappa shape index (κ1) is 17.6. The SMILES string of the molecule is Cc1cc(C(=O)N2CCN(C(=O)OC(C)(C)C)CC2)ccc1Cl. The highest BCUT2D eigenvalue weighted by Crippen LogP contribution is 2.18. The Hall–Kier alpha value is -1.75. The highest BCUT2D eigenvalue weighted by Gasteiger charge is 2.28. The Morgan fingerprint density at radius 2 is 1.65 bits per heavy atom. The zero-order valence-corrected chi connectivity index (χ0v) is 14.8. The number of amides is 2. The molecular formula is C17H23ClN2O3. The average molecular weight is 339 g/mol. The molecule has 0 aromatic heterocycles. The number of nitrogens with zero attached hydrogens (tertiary/aromatic N) is 2. The molecule has 0 saturated carbocycles. The van der Waals surface area contributed by atoms with Crippen molar-refractivity contribution in [2.75, 3.05) is 26.2 Å². The van der Waals surface area contributed by atoms with Crippen molar-refractivity contribution in [3.8, 4) is 0 Å². The molecule has 0 atom stereocenters. The van der Waals surface area contributed by atoms with E-state index >= 15 is 0 Å². The summed E-state index contributed by atoms with van der Waals surface area (Å²) in [5.74, 6) is -0.0337. The summed E-state index contributed by atoms with van der Waals surface area (Å²) < 4.78 is 5.36. The van der Waals surface area contributed by atoms with Crippen LogP contribution in [0, 0.1) is 6.92 Å². The maximum absolute atomic E-state index is 12.5. The van der Waals surface area contributed by atoms with Crippen molar-refractivity contribution in [3.05, 3.63) is 34.3 Å². The number of hydrogen-bond acceptors (Lipinski definition) is 3. The molecule has 1 heterocycles. The number of aryl methyl sites for hydroxylation is 1. The molecule has 5 nitrogen and oxygen atoms in total. The van der Waals surface area contributed by atoms with Crippen molar-refractivity contribution < 1.29 is 14.3 Å². The molecule has 23 heavy (non-hydrogen) atoms. The second kappa shape index (κ2) is 6.79. The number of piperazine rings is 1. The van der Waals surface area contributed by atoms with Gasteiger partial charge in [0, 0.05) is 36.8 Å². The van der Waals surface area contributed by atoms with Gasteiger partial charge in [0.25, 0.3) is 5.91 Å². The van der Waals surface area contributed by atoms with Gasteiger partial charge in [0.2, 0.25) is 0 Å². The van der Waals surface area contributed by atoms with E-state index in [1.807, 2.05) is 27.7 Å². The molecule has 0 spiro atoms. The van der Waals surface area contributed by atoms with E-state index in [0.717, 1.165) is 5.56 Å². The third kappa shape index (κ3) is 4.61. The van der Waals surface area contributed by atoms with Gasteiger partial charge in [-0.25, -0.2) is 4.79 Å². The van der Waals surface area contributed by atoms with Crippen LogP contribution in [-0.4, -0.2) is 53.6 Å². The maximum atomic E-state index is 12.5. The summed E-state index contributed by atoms with van der Waals surface area (Å²) in [6, 6.07) is 5.27. The van der Waals surface area contributed by atoms with Crippen LogP contribution in [0.3, 0.4) is 0 Å². The molecule has 0 unspecified atom stereocenters. The summed E-state index contributed by atoms with van der Waals surface area (Å²) in [7, 11) is 0. The molecule has 0 radical (unpaired) electrons. The van der Waals surface area contributed by atoms with E-state index < -0.39 is 5.60 Å². The van der Waals surface area contributed by atoms with Crippen LogP contribution in [0.1, 0.15) is 36.7 Å². The summed E-state index contributed by atoms with van der Waals surface area (Å²) in [5, 5.41) is 0.649. The number of ether oxygens (including phenoxy) is 1. The molecule has 1 aromatic rings. The minimum absolute atomic E-state index is 0.0337. The van der Waals surface area contributed by atoms with Crippen molar-refractivity contribution in [2.45, 2.75) is 33.3 Å². The fraction of sp³-hybridized carbons (Fsp3) is 0.529. The highest BCUT2D eigenvalue weighted by atomic mass is 35.5. The third-order valence-corrected chi connectivity index (χ3v) is 4.05. The lowest BCUT2D eigenvalue weighted by Crippen LogP contribution is -2.51. The Morgan fingerprint density at radius 3 is 2.17 bits per heavy atom. The van der Waals surface area contributed by atoms with E-state index in [9.17, 15) is 9.59 Å². The van der Waals surface area contributed by atoms with Crippen molar-refractivity contribution in [1.29, 1.82) is 0 Å². The second-order valence-corrected chi connectivity index (χ2v) is 7.13. The molecule has 1 aliphatic rings. The molecule has 126 valence electrons. The number of carbonyl (C=O) groups is 2. The van der Waals surface area contributed by atoms with Crippen molar-refractivity contribution in [1.82, 2.24) is 9.80 Å². The first-order valence-corrected chi connectivity index (χ1v) is 8.08. The van der Waals surface area contributed by atoms with Gasteiger partial charge in [-0.3, -0.25) is 4.79 Å². The Morgan fingerprint density at radius 1 is 1.09 bits per heavy atom. The number of benzene rings is 1. The first-order valence-electron chi connectivity index (χ1n) is 7.71. The minimum Gasteiger partial charge on any atom is -0.444 e. The molecule has 1 aliphatic heterocycles. The van der Waals surface area contributed by atoms with Crippen LogP contribution >= 0.6 is 11.6 Å². The fourth-order valence-electron chi connectivity index (χ4n) is 2.38. The second-order valence-electron chi connectivity index (χ2n) is 6.72. The zero-order chi connectivity index (χ0) is 17.2. The van der Waals surface area contributed by atoms with E-state index in [0.29, 0.717) is 36.8 Å².